The van der Waals surface area contributed by atoms with Crippen LogP contribution in [0.15, 0.2) is 42.5 Å². The van der Waals surface area contributed by atoms with Crippen LogP contribution in [0.5, 0.6) is 0 Å². The van der Waals surface area contributed by atoms with Crippen LogP contribution >= 0.6 is 46.6 Å². The molecule has 0 aliphatic carbocycles. The van der Waals surface area contributed by atoms with Gasteiger partial charge in [-0.3, -0.25) is 9.59 Å². The minimum Gasteiger partial charge on any atom is -0.354 e. The van der Waals surface area contributed by atoms with Crippen LogP contribution in [0.4, 0.5) is 0 Å². The van der Waals surface area contributed by atoms with Crippen LogP contribution in [0.3, 0.4) is 0 Å². The molecule has 2 aromatic rings. The second kappa shape index (κ2) is 13.2. The lowest BCUT2D eigenvalue weighted by molar-refractivity contribution is -0.138. The average molecular weight is 502 g/mol. The summed E-state index contributed by atoms with van der Waals surface area (Å²) in [5.41, 5.74) is 1.83. The summed E-state index contributed by atoms with van der Waals surface area (Å²) in [5.74, 6) is 0.553. The van der Waals surface area contributed by atoms with E-state index in [9.17, 15) is 9.59 Å². The summed E-state index contributed by atoms with van der Waals surface area (Å²) < 4.78 is 0. The van der Waals surface area contributed by atoms with Gasteiger partial charge in [-0.25, -0.2) is 0 Å². The summed E-state index contributed by atoms with van der Waals surface area (Å²) in [6.07, 6.45) is 1.90. The molecule has 0 radical (unpaired) electrons. The van der Waals surface area contributed by atoms with E-state index >= 15 is 0 Å². The molecule has 0 heterocycles. The predicted molar refractivity (Wildman–Crippen MR) is 132 cm³/mol. The lowest BCUT2D eigenvalue weighted by atomic mass is 10.1. The first kappa shape index (κ1) is 25.9. The normalized spacial score (nSPS) is 11.8. The van der Waals surface area contributed by atoms with E-state index < -0.39 is 6.04 Å². The van der Waals surface area contributed by atoms with Crippen LogP contribution in [0, 0.1) is 0 Å². The highest BCUT2D eigenvalue weighted by molar-refractivity contribution is 7.99. The van der Waals surface area contributed by atoms with Crippen molar-refractivity contribution in [1.29, 1.82) is 0 Å². The van der Waals surface area contributed by atoms with E-state index in [1.807, 2.05) is 18.2 Å². The molecule has 0 aromatic heterocycles. The Bertz CT molecular complexity index is 878. The molecule has 0 spiro atoms. The van der Waals surface area contributed by atoms with Gasteiger partial charge in [-0.15, -0.1) is 11.8 Å². The first-order valence-electron chi connectivity index (χ1n) is 10.1. The Morgan fingerprint density at radius 1 is 1.06 bits per heavy atom. The Balaban J connectivity index is 2.05. The smallest absolute Gasteiger partial charge is 0.242 e. The maximum Gasteiger partial charge on any atom is 0.242 e. The molecule has 0 fully saturated rings. The summed E-state index contributed by atoms with van der Waals surface area (Å²) in [7, 11) is 0. The Hall–Kier alpha value is -1.40. The minimum absolute atomic E-state index is 0.108. The van der Waals surface area contributed by atoms with E-state index in [0.717, 1.165) is 24.0 Å². The number of unbranched alkanes of at least 4 members (excludes halogenated alkanes) is 1. The third-order valence-corrected chi connectivity index (χ3v) is 6.57. The molecule has 168 valence electrons. The Kier molecular flexibility index (Phi) is 11.0. The van der Waals surface area contributed by atoms with E-state index in [2.05, 4.69) is 12.2 Å². The topological polar surface area (TPSA) is 49.4 Å². The number of nitrogens with zero attached hydrogens (tertiary/aromatic N) is 1. The molecular weight excluding hydrogens is 475 g/mol. The number of thioether (sulfide) groups is 1. The van der Waals surface area contributed by atoms with Crippen molar-refractivity contribution in [3.63, 3.8) is 0 Å². The number of hydrogen-bond donors (Lipinski definition) is 1. The van der Waals surface area contributed by atoms with E-state index in [4.69, 9.17) is 34.8 Å². The molecule has 31 heavy (non-hydrogen) atoms. The maximum atomic E-state index is 13.1. The molecule has 0 aliphatic heterocycles. The Morgan fingerprint density at radius 3 is 2.39 bits per heavy atom. The summed E-state index contributed by atoms with van der Waals surface area (Å²) in [6, 6.07) is 12.0. The molecule has 0 saturated heterocycles. The molecule has 4 nitrogen and oxygen atoms in total. The molecule has 1 atom stereocenters. The van der Waals surface area contributed by atoms with Gasteiger partial charge in [-0.1, -0.05) is 66.3 Å². The molecule has 0 aliphatic rings. The van der Waals surface area contributed by atoms with Gasteiger partial charge in [-0.05, 0) is 48.7 Å². The van der Waals surface area contributed by atoms with Gasteiger partial charge < -0.3 is 10.2 Å². The van der Waals surface area contributed by atoms with Crippen LogP contribution in [-0.4, -0.2) is 35.1 Å². The van der Waals surface area contributed by atoms with E-state index in [0.29, 0.717) is 33.9 Å². The molecule has 0 saturated carbocycles. The van der Waals surface area contributed by atoms with Gasteiger partial charge >= 0.3 is 0 Å². The molecule has 0 unspecified atom stereocenters. The lowest BCUT2D eigenvalue weighted by Gasteiger charge is -2.29. The second-order valence-electron chi connectivity index (χ2n) is 7.20. The number of amides is 2. The molecule has 1 N–H and O–H groups in total. The monoisotopic (exact) mass is 500 g/mol. The molecule has 2 amide bonds. The van der Waals surface area contributed by atoms with Crippen molar-refractivity contribution in [3.8, 4) is 0 Å². The number of benzene rings is 2. The average Bonchev–Trinajstić information content (AvgIpc) is 2.74. The minimum atomic E-state index is -0.584. The fraction of sp³-hybridized carbons (Fsp3) is 0.391. The van der Waals surface area contributed by atoms with Crippen LogP contribution in [0.1, 0.15) is 37.8 Å². The number of rotatable bonds is 11. The highest BCUT2D eigenvalue weighted by Crippen LogP contribution is 2.25. The van der Waals surface area contributed by atoms with Crippen molar-refractivity contribution in [1.82, 2.24) is 10.2 Å². The highest BCUT2D eigenvalue weighted by Gasteiger charge is 2.25. The van der Waals surface area contributed by atoms with Crippen molar-refractivity contribution in [2.24, 2.45) is 0 Å². The van der Waals surface area contributed by atoms with Crippen LogP contribution < -0.4 is 5.32 Å². The van der Waals surface area contributed by atoms with Crippen LogP contribution in [-0.2, 0) is 21.9 Å². The van der Waals surface area contributed by atoms with E-state index in [1.165, 1.54) is 11.8 Å². The third-order valence-electron chi connectivity index (χ3n) is 4.76. The zero-order chi connectivity index (χ0) is 22.8. The van der Waals surface area contributed by atoms with Crippen LogP contribution in [0.2, 0.25) is 15.1 Å². The SMILES string of the molecule is CCCCNC(=O)[C@@H](C)N(Cc1ccc(Cl)cc1)C(=O)CSCc1ccc(Cl)cc1Cl. The largest absolute Gasteiger partial charge is 0.354 e. The van der Waals surface area contributed by atoms with Crippen LogP contribution in [0.25, 0.3) is 0 Å². The zero-order valence-electron chi connectivity index (χ0n) is 17.7. The summed E-state index contributed by atoms with van der Waals surface area (Å²) >= 11 is 19.6. The van der Waals surface area contributed by atoms with Crippen molar-refractivity contribution in [3.05, 3.63) is 68.7 Å². The first-order valence-corrected chi connectivity index (χ1v) is 12.4. The second-order valence-corrected chi connectivity index (χ2v) is 9.46. The summed E-state index contributed by atoms with van der Waals surface area (Å²) in [4.78, 5) is 27.3. The Labute approximate surface area is 203 Å². The quantitative estimate of drug-likeness (QED) is 0.372. The van der Waals surface area contributed by atoms with Crippen molar-refractivity contribution >= 4 is 58.4 Å². The Morgan fingerprint density at radius 2 is 1.74 bits per heavy atom. The van der Waals surface area contributed by atoms with E-state index in [-0.39, 0.29) is 17.6 Å². The number of carbonyl (C=O) groups is 2. The molecule has 2 rings (SSSR count). The fourth-order valence-corrected chi connectivity index (χ4v) is 4.47. The highest BCUT2D eigenvalue weighted by atomic mass is 35.5. The van der Waals surface area contributed by atoms with Crippen molar-refractivity contribution in [2.45, 2.75) is 45.0 Å². The standard InChI is InChI=1S/C23H27Cl3N2O2S/c1-3-4-11-27-23(30)16(2)28(13-17-5-8-19(24)9-6-17)22(29)15-31-14-18-7-10-20(25)12-21(18)26/h5-10,12,16H,3-4,11,13-15H2,1-2H3,(H,27,30)/t16-/m1/s1. The number of carbonyl (C=O) groups excluding carboxylic acids is 2. The summed E-state index contributed by atoms with van der Waals surface area (Å²) in [5, 5.41) is 4.70. The van der Waals surface area contributed by atoms with Gasteiger partial charge in [-0.2, -0.15) is 0 Å². The maximum absolute atomic E-state index is 13.1. The third kappa shape index (κ3) is 8.57. The van der Waals surface area contributed by atoms with Gasteiger partial charge in [0, 0.05) is 33.9 Å². The predicted octanol–water partition coefficient (Wildman–Crippen LogP) is 6.21. The van der Waals surface area contributed by atoms with Gasteiger partial charge in [0.15, 0.2) is 0 Å². The number of nitrogens with one attached hydrogen (secondary N) is 1. The molecule has 2 aromatic carbocycles. The molecule has 8 heteroatoms. The van der Waals surface area contributed by atoms with E-state index in [1.54, 1.807) is 36.1 Å². The molecule has 0 bridgehead atoms. The van der Waals surface area contributed by atoms with Gasteiger partial charge in [0.05, 0.1) is 5.75 Å². The summed E-state index contributed by atoms with van der Waals surface area (Å²) in [6.45, 7) is 4.76. The molecular formula is C23H27Cl3N2O2S. The lowest BCUT2D eigenvalue weighted by Crippen LogP contribution is -2.48. The first-order chi connectivity index (χ1) is 14.8. The van der Waals surface area contributed by atoms with Crippen molar-refractivity contribution in [2.75, 3.05) is 12.3 Å². The fourth-order valence-electron chi connectivity index (χ4n) is 2.88. The number of halogens is 3. The number of hydrogen-bond acceptors (Lipinski definition) is 3. The van der Waals surface area contributed by atoms with Gasteiger partial charge in [0.1, 0.15) is 6.04 Å². The van der Waals surface area contributed by atoms with Gasteiger partial charge in [0.25, 0.3) is 0 Å². The van der Waals surface area contributed by atoms with Crippen molar-refractivity contribution < 1.29 is 9.59 Å². The zero-order valence-corrected chi connectivity index (χ0v) is 20.8. The van der Waals surface area contributed by atoms with Gasteiger partial charge in [0.2, 0.25) is 11.8 Å².